The summed E-state index contributed by atoms with van der Waals surface area (Å²) in [6.45, 7) is 0. The van der Waals surface area contributed by atoms with Crippen LogP contribution >= 0.6 is 0 Å². The first kappa shape index (κ1) is 14.1. The molecule has 0 saturated carbocycles. The summed E-state index contributed by atoms with van der Waals surface area (Å²) >= 11 is 0. The molecular weight excluding hydrogens is 302 g/mol. The Kier molecular flexibility index (Phi) is 3.47. The van der Waals surface area contributed by atoms with E-state index < -0.39 is 0 Å². The van der Waals surface area contributed by atoms with Gasteiger partial charge in [-0.05, 0) is 30.3 Å². The minimum atomic E-state index is -0.167. The molecule has 3 heterocycles. The number of para-hydroxylation sites is 1. The van der Waals surface area contributed by atoms with Gasteiger partial charge in [-0.25, -0.2) is 14.3 Å². The highest BCUT2D eigenvalue weighted by Gasteiger charge is 2.13. The van der Waals surface area contributed by atoms with Crippen LogP contribution in [0.15, 0.2) is 84.0 Å². The number of hydrogen-bond donors (Lipinski definition) is 0. The highest BCUT2D eigenvalue weighted by Crippen LogP contribution is 2.17. The van der Waals surface area contributed by atoms with E-state index in [1.54, 1.807) is 34.0 Å². The molecule has 0 N–H and O–H groups in total. The molecule has 0 radical (unpaired) electrons. The Labute approximate surface area is 137 Å². The van der Waals surface area contributed by atoms with E-state index in [-0.39, 0.29) is 5.43 Å². The quantitative estimate of drug-likeness (QED) is 0.582. The third kappa shape index (κ3) is 2.50. The van der Waals surface area contributed by atoms with Crippen molar-refractivity contribution in [1.82, 2.24) is 24.5 Å². The van der Waals surface area contributed by atoms with E-state index in [1.165, 1.54) is 6.07 Å². The summed E-state index contributed by atoms with van der Waals surface area (Å²) in [5.41, 5.74) is 1.64. The molecule has 6 nitrogen and oxygen atoms in total. The normalized spacial score (nSPS) is 10.7. The number of aromatic nitrogens is 5. The van der Waals surface area contributed by atoms with Crippen LogP contribution in [0.1, 0.15) is 0 Å². The molecule has 0 aliphatic heterocycles. The molecule has 0 atom stereocenters. The van der Waals surface area contributed by atoms with Crippen LogP contribution < -0.4 is 5.43 Å². The number of rotatable bonds is 3. The third-order valence-electron chi connectivity index (χ3n) is 3.58. The van der Waals surface area contributed by atoms with E-state index in [9.17, 15) is 4.79 Å². The maximum atomic E-state index is 12.3. The van der Waals surface area contributed by atoms with Gasteiger partial charge < -0.3 is 0 Å². The molecule has 0 amide bonds. The lowest BCUT2D eigenvalue weighted by atomic mass is 10.2. The van der Waals surface area contributed by atoms with Crippen molar-refractivity contribution in [3.63, 3.8) is 0 Å². The van der Waals surface area contributed by atoms with Gasteiger partial charge in [0.1, 0.15) is 5.69 Å². The molecule has 0 bridgehead atoms. The molecule has 0 aliphatic carbocycles. The van der Waals surface area contributed by atoms with Crippen molar-refractivity contribution in [3.05, 3.63) is 89.5 Å². The molecule has 1 aromatic carbocycles. The van der Waals surface area contributed by atoms with E-state index in [0.29, 0.717) is 17.2 Å². The fourth-order valence-electron chi connectivity index (χ4n) is 2.45. The Balaban J connectivity index is 1.87. The molecule has 0 fully saturated rings. The second-order valence-corrected chi connectivity index (χ2v) is 5.12. The van der Waals surface area contributed by atoms with Crippen molar-refractivity contribution < 1.29 is 0 Å². The summed E-state index contributed by atoms with van der Waals surface area (Å²) in [6, 6.07) is 18.4. The summed E-state index contributed by atoms with van der Waals surface area (Å²) in [7, 11) is 0. The zero-order valence-electron chi connectivity index (χ0n) is 12.6. The lowest BCUT2D eigenvalue weighted by Gasteiger charge is -2.09. The second-order valence-electron chi connectivity index (χ2n) is 5.12. The minimum absolute atomic E-state index is 0.167. The molecule has 0 unspecified atom stereocenters. The van der Waals surface area contributed by atoms with Gasteiger partial charge in [0.25, 0.3) is 0 Å². The van der Waals surface area contributed by atoms with Crippen LogP contribution in [-0.2, 0) is 0 Å². The van der Waals surface area contributed by atoms with Gasteiger partial charge in [-0.3, -0.25) is 4.79 Å². The molecule has 116 valence electrons. The monoisotopic (exact) mass is 315 g/mol. The minimum Gasteiger partial charge on any atom is -0.287 e. The lowest BCUT2D eigenvalue weighted by molar-refractivity contribution is 0.813. The number of pyridine rings is 1. The van der Waals surface area contributed by atoms with E-state index in [1.807, 2.05) is 48.5 Å². The van der Waals surface area contributed by atoms with Crippen LogP contribution in [0, 0.1) is 0 Å². The largest absolute Gasteiger partial charge is 0.287 e. The summed E-state index contributed by atoms with van der Waals surface area (Å²) in [5, 5.41) is 8.76. The van der Waals surface area contributed by atoms with Gasteiger partial charge in [-0.1, -0.05) is 24.3 Å². The highest BCUT2D eigenvalue weighted by atomic mass is 16.1. The Morgan fingerprint density at radius 2 is 1.67 bits per heavy atom. The van der Waals surface area contributed by atoms with E-state index >= 15 is 0 Å². The van der Waals surface area contributed by atoms with Crippen molar-refractivity contribution in [3.8, 4) is 22.9 Å². The van der Waals surface area contributed by atoms with Gasteiger partial charge in [0.05, 0.1) is 11.9 Å². The van der Waals surface area contributed by atoms with Crippen molar-refractivity contribution in [2.24, 2.45) is 0 Å². The Bertz CT molecular complexity index is 1020. The zero-order valence-corrected chi connectivity index (χ0v) is 12.6. The summed E-state index contributed by atoms with van der Waals surface area (Å²) in [6.07, 6.45) is 4.97. The third-order valence-corrected chi connectivity index (χ3v) is 3.58. The van der Waals surface area contributed by atoms with Crippen molar-refractivity contribution in [1.29, 1.82) is 0 Å². The van der Waals surface area contributed by atoms with Crippen LogP contribution in [0.25, 0.3) is 22.9 Å². The van der Waals surface area contributed by atoms with Crippen LogP contribution in [-0.4, -0.2) is 24.5 Å². The average Bonchev–Trinajstić information content (AvgIpc) is 3.13. The van der Waals surface area contributed by atoms with Gasteiger partial charge in [0.15, 0.2) is 11.5 Å². The summed E-state index contributed by atoms with van der Waals surface area (Å²) in [5.74, 6) is 0.633. The van der Waals surface area contributed by atoms with E-state index in [2.05, 4.69) is 15.2 Å². The van der Waals surface area contributed by atoms with Gasteiger partial charge in [0.2, 0.25) is 5.43 Å². The smallest absolute Gasteiger partial charge is 0.209 e. The molecule has 24 heavy (non-hydrogen) atoms. The number of nitrogens with zero attached hydrogens (tertiary/aromatic N) is 5. The van der Waals surface area contributed by atoms with Crippen molar-refractivity contribution >= 4 is 0 Å². The Morgan fingerprint density at radius 3 is 2.46 bits per heavy atom. The summed E-state index contributed by atoms with van der Waals surface area (Å²) in [4.78, 5) is 16.6. The maximum absolute atomic E-state index is 12.3. The van der Waals surface area contributed by atoms with Crippen molar-refractivity contribution in [2.75, 3.05) is 0 Å². The number of benzene rings is 1. The van der Waals surface area contributed by atoms with Crippen LogP contribution in [0.2, 0.25) is 0 Å². The Morgan fingerprint density at radius 1 is 0.833 bits per heavy atom. The molecule has 0 saturated heterocycles. The first-order valence-corrected chi connectivity index (χ1v) is 7.44. The maximum Gasteiger partial charge on any atom is 0.209 e. The first-order valence-electron chi connectivity index (χ1n) is 7.44. The van der Waals surface area contributed by atoms with E-state index in [0.717, 1.165) is 5.69 Å². The molecule has 0 aliphatic rings. The topological polar surface area (TPSA) is 65.6 Å². The Hall–Kier alpha value is -3.54. The SMILES string of the molecule is O=c1ccn(-c2ccccc2)nc1-c1ccnn1-c1ccccn1. The standard InChI is InChI=1S/C18H13N5O/c24-16-10-13-22(14-6-2-1-3-7-14)21-18(16)15-9-12-20-23(15)17-8-4-5-11-19-17/h1-13H. The predicted molar refractivity (Wildman–Crippen MR) is 90.2 cm³/mol. The summed E-state index contributed by atoms with van der Waals surface area (Å²) < 4.78 is 3.28. The van der Waals surface area contributed by atoms with Crippen LogP contribution in [0.5, 0.6) is 0 Å². The average molecular weight is 315 g/mol. The zero-order chi connectivity index (χ0) is 16.4. The highest BCUT2D eigenvalue weighted by molar-refractivity contribution is 5.56. The lowest BCUT2D eigenvalue weighted by Crippen LogP contribution is -2.15. The molecule has 4 rings (SSSR count). The van der Waals surface area contributed by atoms with Gasteiger partial charge in [-0.15, -0.1) is 0 Å². The molecular formula is C18H13N5O. The van der Waals surface area contributed by atoms with Crippen LogP contribution in [0.3, 0.4) is 0 Å². The van der Waals surface area contributed by atoms with E-state index in [4.69, 9.17) is 0 Å². The molecule has 3 aromatic heterocycles. The molecule has 6 heteroatoms. The van der Waals surface area contributed by atoms with Gasteiger partial charge >= 0.3 is 0 Å². The van der Waals surface area contributed by atoms with Gasteiger partial charge in [-0.2, -0.15) is 10.2 Å². The molecule has 0 spiro atoms. The second kappa shape index (κ2) is 5.92. The first-order chi connectivity index (χ1) is 11.8. The predicted octanol–water partition coefficient (Wildman–Crippen LogP) is 2.48. The van der Waals surface area contributed by atoms with Crippen molar-refractivity contribution in [2.45, 2.75) is 0 Å². The van der Waals surface area contributed by atoms with Crippen LogP contribution in [0.4, 0.5) is 0 Å². The number of hydrogen-bond acceptors (Lipinski definition) is 4. The van der Waals surface area contributed by atoms with Gasteiger partial charge in [0, 0.05) is 18.5 Å². The fraction of sp³-hybridized carbons (Fsp3) is 0. The molecule has 4 aromatic rings. The fourth-order valence-corrected chi connectivity index (χ4v) is 2.45.